The van der Waals surface area contributed by atoms with Gasteiger partial charge in [-0.2, -0.15) is 13.2 Å². The molecule has 23 heavy (non-hydrogen) atoms. The minimum atomic E-state index is -5.03. The molecule has 1 aliphatic rings. The number of halogens is 3. The van der Waals surface area contributed by atoms with Gasteiger partial charge in [0.2, 0.25) is 10.0 Å². The van der Waals surface area contributed by atoms with Gasteiger partial charge in [0, 0.05) is 24.7 Å². The Hall–Kier alpha value is -1.72. The molecular weight excluding hydrogens is 339 g/mol. The standard InChI is InChI=1S/C12H14F3N3O4S/c13-12(14,15)10-6-9(18(19)20)3-4-11(10)23(21,22)17-8-2-1-5-16-7-8/h3-4,6,8,16-17H,1-2,5,7H2. The Bertz CT molecular complexity index is 700. The molecule has 0 bridgehead atoms. The van der Waals surface area contributed by atoms with Crippen molar-refractivity contribution in [3.05, 3.63) is 33.9 Å². The second-order valence-corrected chi connectivity index (χ2v) is 6.78. The highest BCUT2D eigenvalue weighted by atomic mass is 32.2. The maximum Gasteiger partial charge on any atom is 0.417 e. The summed E-state index contributed by atoms with van der Waals surface area (Å²) in [5, 5.41) is 13.6. The third-order valence-corrected chi connectivity index (χ3v) is 4.97. The van der Waals surface area contributed by atoms with E-state index in [2.05, 4.69) is 10.0 Å². The molecule has 1 aromatic rings. The van der Waals surface area contributed by atoms with Gasteiger partial charge in [-0.25, -0.2) is 13.1 Å². The van der Waals surface area contributed by atoms with Gasteiger partial charge in [-0.15, -0.1) is 0 Å². The van der Waals surface area contributed by atoms with Crippen LogP contribution in [0.1, 0.15) is 18.4 Å². The van der Waals surface area contributed by atoms with Gasteiger partial charge in [0.25, 0.3) is 5.69 Å². The summed E-state index contributed by atoms with van der Waals surface area (Å²) >= 11 is 0. The third kappa shape index (κ3) is 4.18. The first-order valence-electron chi connectivity index (χ1n) is 6.70. The summed E-state index contributed by atoms with van der Waals surface area (Å²) in [5.41, 5.74) is -2.38. The molecule has 1 unspecified atom stereocenters. The van der Waals surface area contributed by atoms with Crippen LogP contribution in [0.3, 0.4) is 0 Å². The molecule has 1 atom stereocenters. The highest BCUT2D eigenvalue weighted by Gasteiger charge is 2.39. The smallest absolute Gasteiger partial charge is 0.315 e. The van der Waals surface area contributed by atoms with Gasteiger partial charge >= 0.3 is 6.18 Å². The molecule has 1 fully saturated rings. The molecule has 0 aliphatic carbocycles. The molecule has 0 spiro atoms. The molecular formula is C12H14F3N3O4S. The molecule has 1 aromatic carbocycles. The zero-order valence-corrected chi connectivity index (χ0v) is 12.6. The summed E-state index contributed by atoms with van der Waals surface area (Å²) < 4.78 is 65.9. The molecule has 1 aliphatic heterocycles. The fourth-order valence-electron chi connectivity index (χ4n) is 2.32. The van der Waals surface area contributed by atoms with Crippen molar-refractivity contribution in [3.63, 3.8) is 0 Å². The number of rotatable bonds is 4. The largest absolute Gasteiger partial charge is 0.417 e. The highest BCUT2D eigenvalue weighted by molar-refractivity contribution is 7.89. The number of piperidine rings is 1. The summed E-state index contributed by atoms with van der Waals surface area (Å²) in [4.78, 5) is 8.60. The summed E-state index contributed by atoms with van der Waals surface area (Å²) in [5.74, 6) is 0. The Morgan fingerprint density at radius 3 is 2.57 bits per heavy atom. The van der Waals surface area contributed by atoms with Crippen LogP contribution < -0.4 is 10.0 Å². The first kappa shape index (κ1) is 17.6. The molecule has 1 heterocycles. The highest BCUT2D eigenvalue weighted by Crippen LogP contribution is 2.36. The van der Waals surface area contributed by atoms with Crippen molar-refractivity contribution in [1.29, 1.82) is 0 Å². The van der Waals surface area contributed by atoms with E-state index in [4.69, 9.17) is 0 Å². The summed E-state index contributed by atoms with van der Waals surface area (Å²) in [6, 6.07) is 1.06. The van der Waals surface area contributed by atoms with Crippen molar-refractivity contribution in [2.45, 2.75) is 30.0 Å². The number of nitro benzene ring substituents is 1. The van der Waals surface area contributed by atoms with Crippen molar-refractivity contribution in [2.24, 2.45) is 0 Å². The van der Waals surface area contributed by atoms with Crippen molar-refractivity contribution in [3.8, 4) is 0 Å². The van der Waals surface area contributed by atoms with Crippen molar-refractivity contribution >= 4 is 15.7 Å². The van der Waals surface area contributed by atoms with Gasteiger partial charge in [0.1, 0.15) is 0 Å². The number of non-ortho nitro benzene ring substituents is 1. The zero-order chi connectivity index (χ0) is 17.3. The quantitative estimate of drug-likeness (QED) is 0.633. The Labute approximate surface area is 130 Å². The van der Waals surface area contributed by atoms with Crippen molar-refractivity contribution in [2.75, 3.05) is 13.1 Å². The van der Waals surface area contributed by atoms with E-state index in [0.717, 1.165) is 6.07 Å². The number of nitro groups is 1. The Morgan fingerprint density at radius 1 is 1.35 bits per heavy atom. The van der Waals surface area contributed by atoms with E-state index in [1.807, 2.05) is 0 Å². The maximum atomic E-state index is 13.1. The predicted octanol–water partition coefficient (Wildman–Crippen LogP) is 1.64. The molecule has 0 radical (unpaired) electrons. The number of benzene rings is 1. The number of hydrogen-bond acceptors (Lipinski definition) is 5. The molecule has 0 saturated carbocycles. The number of hydrogen-bond donors (Lipinski definition) is 2. The molecule has 2 N–H and O–H groups in total. The predicted molar refractivity (Wildman–Crippen MR) is 74.3 cm³/mol. The van der Waals surface area contributed by atoms with Gasteiger partial charge in [-0.1, -0.05) is 0 Å². The number of alkyl halides is 3. The fraction of sp³-hybridized carbons (Fsp3) is 0.500. The van der Waals surface area contributed by atoms with E-state index in [9.17, 15) is 31.7 Å². The second kappa shape index (κ2) is 6.42. The molecule has 1 saturated heterocycles. The van der Waals surface area contributed by atoms with Gasteiger partial charge in [-0.05, 0) is 25.5 Å². The van der Waals surface area contributed by atoms with Crippen LogP contribution in [0.5, 0.6) is 0 Å². The van der Waals surface area contributed by atoms with E-state index in [1.165, 1.54) is 0 Å². The summed E-state index contributed by atoms with van der Waals surface area (Å²) in [6.07, 6.45) is -3.83. The van der Waals surface area contributed by atoms with Gasteiger partial charge < -0.3 is 5.32 Å². The van der Waals surface area contributed by atoms with E-state index < -0.39 is 43.3 Å². The van der Waals surface area contributed by atoms with Gasteiger partial charge in [0.15, 0.2) is 0 Å². The Balaban J connectivity index is 2.42. The first-order chi connectivity index (χ1) is 10.6. The summed E-state index contributed by atoms with van der Waals surface area (Å²) in [6.45, 7) is 1.02. The fourth-order valence-corrected chi connectivity index (χ4v) is 3.80. The molecule has 128 valence electrons. The van der Waals surface area contributed by atoms with Crippen LogP contribution in [0.25, 0.3) is 0 Å². The monoisotopic (exact) mass is 353 g/mol. The average Bonchev–Trinajstić information content (AvgIpc) is 2.46. The lowest BCUT2D eigenvalue weighted by Gasteiger charge is -2.24. The van der Waals surface area contributed by atoms with Crippen LogP contribution in [0.4, 0.5) is 18.9 Å². The van der Waals surface area contributed by atoms with E-state index in [-0.39, 0.29) is 6.07 Å². The molecule has 2 rings (SSSR count). The summed E-state index contributed by atoms with van der Waals surface area (Å²) in [7, 11) is -4.45. The maximum absolute atomic E-state index is 13.1. The molecule has 11 heteroatoms. The number of sulfonamides is 1. The Kier molecular flexibility index (Phi) is 4.92. The van der Waals surface area contributed by atoms with E-state index in [1.54, 1.807) is 0 Å². The van der Waals surface area contributed by atoms with E-state index in [0.29, 0.717) is 32.0 Å². The molecule has 0 aromatic heterocycles. The first-order valence-corrected chi connectivity index (χ1v) is 8.18. The lowest BCUT2D eigenvalue weighted by Crippen LogP contribution is -2.45. The van der Waals surface area contributed by atoms with Gasteiger partial charge in [0.05, 0.1) is 15.4 Å². The minimum Gasteiger partial charge on any atom is -0.315 e. The minimum absolute atomic E-state index is 0.230. The van der Waals surface area contributed by atoms with Crippen LogP contribution in [0.15, 0.2) is 23.1 Å². The van der Waals surface area contributed by atoms with Crippen molar-refractivity contribution < 1.29 is 26.5 Å². The van der Waals surface area contributed by atoms with Crippen LogP contribution in [-0.4, -0.2) is 32.5 Å². The third-order valence-electron chi connectivity index (χ3n) is 3.39. The molecule has 0 amide bonds. The normalized spacial score (nSPS) is 19.5. The van der Waals surface area contributed by atoms with Crippen LogP contribution in [0.2, 0.25) is 0 Å². The van der Waals surface area contributed by atoms with E-state index >= 15 is 0 Å². The SMILES string of the molecule is O=[N+]([O-])c1ccc(S(=O)(=O)NC2CCCNC2)c(C(F)(F)F)c1. The number of nitrogens with one attached hydrogen (secondary N) is 2. The zero-order valence-electron chi connectivity index (χ0n) is 11.8. The van der Waals surface area contributed by atoms with Crippen LogP contribution in [0, 0.1) is 10.1 Å². The van der Waals surface area contributed by atoms with Gasteiger partial charge in [-0.3, -0.25) is 10.1 Å². The van der Waals surface area contributed by atoms with Crippen molar-refractivity contribution in [1.82, 2.24) is 10.0 Å². The number of nitrogens with zero attached hydrogens (tertiary/aromatic N) is 1. The van der Waals surface area contributed by atoms with Crippen LogP contribution >= 0.6 is 0 Å². The topological polar surface area (TPSA) is 101 Å². The Morgan fingerprint density at radius 2 is 2.04 bits per heavy atom. The second-order valence-electron chi connectivity index (χ2n) is 5.10. The molecule has 7 nitrogen and oxygen atoms in total. The average molecular weight is 353 g/mol. The van der Waals surface area contributed by atoms with Crippen LogP contribution in [-0.2, 0) is 16.2 Å². The lowest BCUT2D eigenvalue weighted by atomic mass is 10.1. The lowest BCUT2D eigenvalue weighted by molar-refractivity contribution is -0.385.